The summed E-state index contributed by atoms with van der Waals surface area (Å²) >= 11 is 1.08. The first-order chi connectivity index (χ1) is 12.2. The number of aryl methyl sites for hydroxylation is 1. The number of methoxy groups -OCH3 is 1. The monoisotopic (exact) mass is 383 g/mol. The Morgan fingerprint density at radius 2 is 2.08 bits per heavy atom. The number of nitrogens with one attached hydrogen (secondary N) is 1. The maximum atomic E-state index is 15.0. The molecule has 1 atom stereocenters. The van der Waals surface area contributed by atoms with Crippen molar-refractivity contribution in [3.8, 4) is 5.75 Å². The third kappa shape index (κ3) is 6.10. The minimum atomic E-state index is -0.831. The maximum Gasteiger partial charge on any atom is 0.434 e. The molecule has 0 radical (unpaired) electrons. The molecule has 1 N–H and O–H groups in total. The molecule has 0 heterocycles. The summed E-state index contributed by atoms with van der Waals surface area (Å²) in [6.45, 7) is 4.42. The highest BCUT2D eigenvalue weighted by molar-refractivity contribution is 8.15. The second kappa shape index (κ2) is 10.3. The summed E-state index contributed by atoms with van der Waals surface area (Å²) in [6, 6.07) is 3.23. The minimum Gasteiger partial charge on any atom is -0.486 e. The van der Waals surface area contributed by atoms with Gasteiger partial charge in [0.25, 0.3) is 0 Å². The van der Waals surface area contributed by atoms with Gasteiger partial charge in [-0.2, -0.15) is 4.99 Å². The Hall–Kier alpha value is -1.93. The number of likely N-dealkylation sites (N-methyl/N-ethyl adjacent to an activating group) is 1. The van der Waals surface area contributed by atoms with E-state index in [1.807, 2.05) is 32.8 Å². The van der Waals surface area contributed by atoms with E-state index >= 15 is 0 Å². The van der Waals surface area contributed by atoms with Crippen LogP contribution in [0.25, 0.3) is 0 Å². The lowest BCUT2D eigenvalue weighted by Crippen LogP contribution is -2.28. The zero-order chi connectivity index (χ0) is 19.9. The molecule has 1 aromatic carbocycles. The van der Waals surface area contributed by atoms with Crippen LogP contribution in [-0.2, 0) is 11.2 Å². The lowest BCUT2D eigenvalue weighted by molar-refractivity contribution is 0.170. The average Bonchev–Trinajstić information content (AvgIpc) is 2.59. The van der Waals surface area contributed by atoms with Crippen LogP contribution in [0, 0.1) is 11.2 Å². The molecule has 144 valence electrons. The van der Waals surface area contributed by atoms with Gasteiger partial charge in [0.2, 0.25) is 0 Å². The number of halogens is 1. The molecule has 0 aromatic heterocycles. The lowest BCUT2D eigenvalue weighted by atomic mass is 10.0. The van der Waals surface area contributed by atoms with E-state index < -0.39 is 11.9 Å². The molecule has 0 aliphatic heterocycles. The Balaban J connectivity index is 3.30. The van der Waals surface area contributed by atoms with Gasteiger partial charge in [0.1, 0.15) is 11.1 Å². The average molecular weight is 383 g/mol. The highest BCUT2D eigenvalue weighted by Gasteiger charge is 2.21. The number of ether oxygens (including phenoxy) is 2. The van der Waals surface area contributed by atoms with Crippen LogP contribution in [0.2, 0.25) is 0 Å². The Morgan fingerprint density at radius 3 is 2.58 bits per heavy atom. The van der Waals surface area contributed by atoms with Crippen molar-refractivity contribution in [2.45, 2.75) is 26.4 Å². The number of amides is 1. The van der Waals surface area contributed by atoms with Crippen LogP contribution < -0.4 is 4.74 Å². The van der Waals surface area contributed by atoms with Gasteiger partial charge in [-0.15, -0.1) is 11.8 Å². The molecule has 26 heavy (non-hydrogen) atoms. The van der Waals surface area contributed by atoms with E-state index in [0.717, 1.165) is 17.3 Å². The largest absolute Gasteiger partial charge is 0.486 e. The van der Waals surface area contributed by atoms with Crippen LogP contribution in [-0.4, -0.2) is 61.9 Å². The second-order valence-corrected chi connectivity index (χ2v) is 6.76. The van der Waals surface area contributed by atoms with Crippen molar-refractivity contribution in [1.29, 1.82) is 5.41 Å². The highest BCUT2D eigenvalue weighted by Crippen LogP contribution is 2.26. The molecule has 0 saturated heterocycles. The van der Waals surface area contributed by atoms with Crippen LogP contribution >= 0.6 is 11.8 Å². The number of carbonyl (C=O) groups is 1. The van der Waals surface area contributed by atoms with Crippen LogP contribution in [0.3, 0.4) is 0 Å². The van der Waals surface area contributed by atoms with Gasteiger partial charge in [-0.25, -0.2) is 9.18 Å². The number of aliphatic imine (C=N–C) groups is 1. The smallest absolute Gasteiger partial charge is 0.434 e. The topological polar surface area (TPSA) is 75.0 Å². The number of nitrogens with zero attached hydrogens (tertiary/aromatic N) is 2. The van der Waals surface area contributed by atoms with Gasteiger partial charge in [-0.1, -0.05) is 6.92 Å². The maximum absolute atomic E-state index is 15.0. The van der Waals surface area contributed by atoms with Crippen molar-refractivity contribution in [3.05, 3.63) is 29.1 Å². The summed E-state index contributed by atoms with van der Waals surface area (Å²) in [7, 11) is 5.02. The standard InChI is InChI=1S/C18H26FN3O3S/c1-7-12-8-13(16(20)17(26-6)21-18(23)24-5)15(19)14(9-12)25-11(2)10-22(3)4/h8-9,11,20H,7,10H2,1-6H3/b20-16?,21-17-. The first-order valence-electron chi connectivity index (χ1n) is 8.17. The lowest BCUT2D eigenvalue weighted by Gasteiger charge is -2.20. The molecule has 0 aliphatic rings. The SMILES string of the molecule is CCc1cc(OC(C)CN(C)C)c(F)c(C(=N)/C(=N/C(=O)OC)SC)c1. The van der Waals surface area contributed by atoms with Crippen LogP contribution in [0.4, 0.5) is 9.18 Å². The third-order valence-electron chi connectivity index (χ3n) is 3.50. The Kier molecular flexibility index (Phi) is 8.74. The van der Waals surface area contributed by atoms with E-state index in [-0.39, 0.29) is 28.2 Å². The van der Waals surface area contributed by atoms with Crippen molar-refractivity contribution in [2.24, 2.45) is 4.99 Å². The van der Waals surface area contributed by atoms with E-state index in [0.29, 0.717) is 13.0 Å². The van der Waals surface area contributed by atoms with Crippen molar-refractivity contribution in [2.75, 3.05) is 34.0 Å². The van der Waals surface area contributed by atoms with Gasteiger partial charge in [-0.05, 0) is 51.4 Å². The van der Waals surface area contributed by atoms with Crippen molar-refractivity contribution < 1.29 is 18.7 Å². The van der Waals surface area contributed by atoms with E-state index in [4.69, 9.17) is 10.1 Å². The Labute approximate surface area is 158 Å². The first kappa shape index (κ1) is 22.1. The highest BCUT2D eigenvalue weighted by atomic mass is 32.2. The predicted octanol–water partition coefficient (Wildman–Crippen LogP) is 3.61. The van der Waals surface area contributed by atoms with Gasteiger partial charge in [0.05, 0.1) is 12.8 Å². The molecule has 0 bridgehead atoms. The summed E-state index contributed by atoms with van der Waals surface area (Å²) in [6.07, 6.45) is 1.26. The van der Waals surface area contributed by atoms with Crippen molar-refractivity contribution in [3.63, 3.8) is 0 Å². The molecule has 0 saturated carbocycles. The number of benzene rings is 1. The van der Waals surface area contributed by atoms with Gasteiger partial charge in [0.15, 0.2) is 11.6 Å². The van der Waals surface area contributed by atoms with Crippen molar-refractivity contribution in [1.82, 2.24) is 4.90 Å². The fourth-order valence-corrected chi connectivity index (χ4v) is 2.82. The number of carbonyl (C=O) groups excluding carboxylic acids is 1. The fourth-order valence-electron chi connectivity index (χ4n) is 2.34. The minimum absolute atomic E-state index is 0.0495. The second-order valence-electron chi connectivity index (χ2n) is 5.97. The molecule has 8 heteroatoms. The molecule has 0 fully saturated rings. The van der Waals surface area contributed by atoms with Crippen LogP contribution in [0.15, 0.2) is 17.1 Å². The molecule has 0 aliphatic carbocycles. The van der Waals surface area contributed by atoms with Gasteiger partial charge in [0, 0.05) is 12.1 Å². The fraction of sp³-hybridized carbons (Fsp3) is 0.500. The van der Waals surface area contributed by atoms with Crippen molar-refractivity contribution >= 4 is 28.6 Å². The summed E-state index contributed by atoms with van der Waals surface area (Å²) in [5.74, 6) is -0.540. The number of rotatable bonds is 7. The molecule has 6 nitrogen and oxygen atoms in total. The van der Waals surface area contributed by atoms with E-state index in [1.54, 1.807) is 18.4 Å². The summed E-state index contributed by atoms with van der Waals surface area (Å²) < 4.78 is 25.2. The Bertz CT molecular complexity index is 693. The molecule has 0 spiro atoms. The molecule has 1 aromatic rings. The molecular formula is C18H26FN3O3S. The Morgan fingerprint density at radius 1 is 1.42 bits per heavy atom. The summed E-state index contributed by atoms with van der Waals surface area (Å²) in [4.78, 5) is 17.0. The molecule has 1 rings (SSSR count). The zero-order valence-corrected chi connectivity index (χ0v) is 16.9. The number of thioether (sulfide) groups is 1. The van der Waals surface area contributed by atoms with E-state index in [1.165, 1.54) is 7.11 Å². The third-order valence-corrected chi connectivity index (χ3v) is 4.18. The molecule has 1 unspecified atom stereocenters. The van der Waals surface area contributed by atoms with Crippen LogP contribution in [0.1, 0.15) is 25.0 Å². The van der Waals surface area contributed by atoms with Gasteiger partial charge < -0.3 is 14.4 Å². The predicted molar refractivity (Wildman–Crippen MR) is 105 cm³/mol. The normalized spacial score (nSPS) is 12.8. The first-order valence-corrected chi connectivity index (χ1v) is 9.39. The van der Waals surface area contributed by atoms with Gasteiger partial charge in [-0.3, -0.25) is 5.41 Å². The zero-order valence-electron chi connectivity index (χ0n) is 16.1. The molecule has 1 amide bonds. The van der Waals surface area contributed by atoms with Crippen LogP contribution in [0.5, 0.6) is 5.75 Å². The summed E-state index contributed by atoms with van der Waals surface area (Å²) in [5.41, 5.74) is 0.700. The van der Waals surface area contributed by atoms with Gasteiger partial charge >= 0.3 is 6.09 Å². The molecular weight excluding hydrogens is 357 g/mol. The number of hydrogen-bond donors (Lipinski definition) is 1. The van der Waals surface area contributed by atoms with E-state index in [2.05, 4.69) is 9.73 Å². The van der Waals surface area contributed by atoms with E-state index in [9.17, 15) is 9.18 Å². The quantitative estimate of drug-likeness (QED) is 0.575. The summed E-state index contributed by atoms with van der Waals surface area (Å²) in [5, 5.41) is 8.38. The number of hydrogen-bond acceptors (Lipinski definition) is 6.